The standard InChI is InChI=1S/4CNS.Hf.Zr/c4*2-1-3;;/q4*-1;+4;. The van der Waals surface area contributed by atoms with Crippen molar-refractivity contribution in [3.05, 3.63) is 21.6 Å². The third-order valence-corrected chi connectivity index (χ3v) is 0. The van der Waals surface area contributed by atoms with Crippen LogP contribution in [0.3, 0.4) is 0 Å². The van der Waals surface area contributed by atoms with E-state index in [9.17, 15) is 0 Å². The Morgan fingerprint density at radius 2 is 0.571 bits per heavy atom. The van der Waals surface area contributed by atoms with Gasteiger partial charge in [-0.25, -0.2) is 0 Å². The molecule has 0 saturated heterocycles. The fourth-order valence-corrected chi connectivity index (χ4v) is 0. The monoisotopic (exact) mass is 502 g/mol. The molecular weight excluding hydrogens is 502 g/mol. The molecule has 0 atom stereocenters. The van der Waals surface area contributed by atoms with E-state index in [0.717, 1.165) is 0 Å². The second kappa shape index (κ2) is 95.4. The van der Waals surface area contributed by atoms with E-state index in [1.807, 2.05) is 0 Å². The van der Waals surface area contributed by atoms with Gasteiger partial charge in [0.2, 0.25) is 0 Å². The van der Waals surface area contributed by atoms with Crippen molar-refractivity contribution in [2.75, 3.05) is 0 Å². The molecule has 0 rings (SSSR count). The van der Waals surface area contributed by atoms with Crippen molar-refractivity contribution in [1.29, 1.82) is 0 Å². The van der Waals surface area contributed by atoms with Crippen molar-refractivity contribution < 1.29 is 52.0 Å². The first kappa shape index (κ1) is 36.3. The second-order valence-corrected chi connectivity index (χ2v) is 1.10. The summed E-state index contributed by atoms with van der Waals surface area (Å²) >= 11 is 14.8. The number of thiocarbonyl (C=S) groups is 4. The van der Waals surface area contributed by atoms with Gasteiger partial charge in [0.05, 0.1) is 0 Å². The quantitative estimate of drug-likeness (QED) is 0.290. The smallest absolute Gasteiger partial charge is 0.753 e. The van der Waals surface area contributed by atoms with Crippen LogP contribution in [0.15, 0.2) is 0 Å². The SMILES string of the molecule is [Hf+4].[N-]=C=S.[N-]=C=S.[N-]=C=S.[N-]=C=S.[Zr]. The molecule has 0 aliphatic carbocycles. The van der Waals surface area contributed by atoms with Crippen molar-refractivity contribution in [3.8, 4) is 0 Å². The van der Waals surface area contributed by atoms with Crippen LogP contribution in [0.25, 0.3) is 21.6 Å². The van der Waals surface area contributed by atoms with Crippen LogP contribution in [-0.2, 0) is 52.0 Å². The molecule has 10 heteroatoms. The Hall–Kier alpha value is 0.953. The summed E-state index contributed by atoms with van der Waals surface area (Å²) in [5, 5.41) is 33.9. The maximum Gasteiger partial charge on any atom is 4.00 e. The molecule has 0 amide bonds. The number of hydrogen-bond donors (Lipinski definition) is 0. The Bertz CT molecular complexity index is 161. The molecule has 0 N–H and O–H groups in total. The van der Waals surface area contributed by atoms with E-state index in [1.54, 1.807) is 0 Å². The van der Waals surface area contributed by atoms with Crippen LogP contribution in [0, 0.1) is 0 Å². The number of rotatable bonds is 0. The predicted octanol–water partition coefficient (Wildman–Crippen LogP) is 2.63. The van der Waals surface area contributed by atoms with Crippen LogP contribution in [0.2, 0.25) is 0 Å². The van der Waals surface area contributed by atoms with Gasteiger partial charge < -0.3 is 21.6 Å². The minimum atomic E-state index is 0. The van der Waals surface area contributed by atoms with Crippen LogP contribution < -0.4 is 0 Å². The summed E-state index contributed by atoms with van der Waals surface area (Å²) in [6, 6.07) is 0. The van der Waals surface area contributed by atoms with Crippen molar-refractivity contribution >= 4 is 69.5 Å². The zero-order valence-corrected chi connectivity index (χ0v) is 15.7. The molecule has 0 radical (unpaired) electrons. The third kappa shape index (κ3) is 2040. The molecule has 0 spiro atoms. The summed E-state index contributed by atoms with van der Waals surface area (Å²) in [5.74, 6) is 0. The zero-order chi connectivity index (χ0) is 10.8. The maximum atomic E-state index is 7.13. The van der Waals surface area contributed by atoms with Gasteiger partial charge in [-0.1, -0.05) is 48.9 Å². The number of nitrogens with zero attached hydrogens (tertiary/aromatic N) is 4. The van der Waals surface area contributed by atoms with E-state index >= 15 is 0 Å². The van der Waals surface area contributed by atoms with Crippen LogP contribution in [0.4, 0.5) is 0 Å². The summed E-state index contributed by atoms with van der Waals surface area (Å²) in [5.41, 5.74) is 0. The summed E-state index contributed by atoms with van der Waals surface area (Å²) < 4.78 is 0. The molecule has 0 aliphatic heterocycles. The fourth-order valence-electron chi connectivity index (χ4n) is 0. The van der Waals surface area contributed by atoms with Gasteiger partial charge in [0.1, 0.15) is 0 Å². The average Bonchev–Trinajstić information content (AvgIpc) is 1.92. The predicted molar refractivity (Wildman–Crippen MR) is 63.8 cm³/mol. The van der Waals surface area contributed by atoms with Gasteiger partial charge >= 0.3 is 25.8 Å². The van der Waals surface area contributed by atoms with Crippen LogP contribution in [-0.4, -0.2) is 20.6 Å². The molecule has 0 aliphatic rings. The van der Waals surface area contributed by atoms with Gasteiger partial charge in [0.15, 0.2) is 0 Å². The van der Waals surface area contributed by atoms with Crippen molar-refractivity contribution in [3.63, 3.8) is 0 Å². The molecular formula is C4HfN4S4Zr. The van der Waals surface area contributed by atoms with E-state index in [2.05, 4.69) is 48.9 Å². The summed E-state index contributed by atoms with van der Waals surface area (Å²) in [7, 11) is 0. The van der Waals surface area contributed by atoms with E-state index in [4.69, 9.17) is 21.6 Å². The Morgan fingerprint density at radius 3 is 0.571 bits per heavy atom. The minimum absolute atomic E-state index is 0. The van der Waals surface area contributed by atoms with Crippen LogP contribution in [0.5, 0.6) is 0 Å². The molecule has 0 heterocycles. The summed E-state index contributed by atoms with van der Waals surface area (Å²) in [6.07, 6.45) is 0. The summed E-state index contributed by atoms with van der Waals surface area (Å²) in [4.78, 5) is 0. The van der Waals surface area contributed by atoms with Crippen molar-refractivity contribution in [2.24, 2.45) is 0 Å². The molecule has 0 unspecified atom stereocenters. The van der Waals surface area contributed by atoms with Gasteiger partial charge in [-0.15, -0.1) is 0 Å². The molecule has 0 aromatic carbocycles. The molecule has 14 heavy (non-hydrogen) atoms. The molecule has 0 saturated carbocycles. The Labute approximate surface area is 141 Å². The molecule has 68 valence electrons. The van der Waals surface area contributed by atoms with Gasteiger partial charge in [0, 0.05) is 26.2 Å². The average molecular weight is 502 g/mol. The normalized spacial score (nSPS) is 2.29. The first-order chi connectivity index (χ1) is 5.66. The summed E-state index contributed by atoms with van der Waals surface area (Å²) in [6.45, 7) is 0. The molecule has 0 fully saturated rings. The van der Waals surface area contributed by atoms with Crippen molar-refractivity contribution in [2.45, 2.75) is 0 Å². The van der Waals surface area contributed by atoms with Crippen LogP contribution in [0.1, 0.15) is 0 Å². The van der Waals surface area contributed by atoms with E-state index < -0.39 is 0 Å². The molecule has 0 bridgehead atoms. The second-order valence-electron chi connectivity index (χ2n) is 0.365. The van der Waals surface area contributed by atoms with E-state index in [1.165, 1.54) is 20.6 Å². The largest absolute Gasteiger partial charge is 4.00 e. The zero-order valence-electron chi connectivity index (χ0n) is 6.42. The number of hydrogen-bond acceptors (Lipinski definition) is 4. The molecule has 0 aromatic rings. The molecule has 4 nitrogen and oxygen atoms in total. The van der Waals surface area contributed by atoms with Crippen molar-refractivity contribution in [1.82, 2.24) is 0 Å². The van der Waals surface area contributed by atoms with Crippen LogP contribution >= 0.6 is 48.9 Å². The Kier molecular flexibility index (Phi) is 248. The van der Waals surface area contributed by atoms with E-state index in [0.29, 0.717) is 0 Å². The van der Waals surface area contributed by atoms with E-state index in [-0.39, 0.29) is 52.0 Å². The first-order valence-electron chi connectivity index (χ1n) is 1.71. The van der Waals surface area contributed by atoms with Gasteiger partial charge in [-0.05, 0) is 0 Å². The van der Waals surface area contributed by atoms with Gasteiger partial charge in [-0.3, -0.25) is 0 Å². The Balaban J connectivity index is -0.0000000145. The maximum absolute atomic E-state index is 7.13. The third-order valence-electron chi connectivity index (χ3n) is 0. The van der Waals surface area contributed by atoms with Gasteiger partial charge in [0.25, 0.3) is 0 Å². The molecule has 0 aromatic heterocycles. The fraction of sp³-hybridized carbons (Fsp3) is 0. The number of isothiocyanates is 4. The Morgan fingerprint density at radius 1 is 0.571 bits per heavy atom. The van der Waals surface area contributed by atoms with Gasteiger partial charge in [-0.2, -0.15) is 20.6 Å². The topological polar surface area (TPSA) is 89.2 Å². The minimum Gasteiger partial charge on any atom is -0.753 e. The first-order valence-corrected chi connectivity index (χ1v) is 3.34.